The van der Waals surface area contributed by atoms with E-state index < -0.39 is 12.2 Å². The highest BCUT2D eigenvalue weighted by molar-refractivity contribution is 5.95. The van der Waals surface area contributed by atoms with Crippen molar-refractivity contribution in [3.05, 3.63) is 131 Å². The van der Waals surface area contributed by atoms with Gasteiger partial charge in [-0.2, -0.15) is 0 Å². The van der Waals surface area contributed by atoms with Crippen LogP contribution in [0.25, 0.3) is 0 Å². The largest absolute Gasteiger partial charge is 0.367 e. The van der Waals surface area contributed by atoms with Gasteiger partial charge in [0.1, 0.15) is 0 Å². The Kier molecular flexibility index (Phi) is 8.81. The lowest BCUT2D eigenvalue weighted by molar-refractivity contribution is -0.126. The molecule has 0 radical (unpaired) electrons. The van der Waals surface area contributed by atoms with E-state index in [1.165, 1.54) is 14.2 Å². The molecular weight excluding hydrogens is 464 g/mol. The number of carbonyl (C=O) groups excluding carboxylic acids is 2. The molecule has 0 aliphatic carbocycles. The van der Waals surface area contributed by atoms with Gasteiger partial charge in [0.25, 0.3) is 11.8 Å². The van der Waals surface area contributed by atoms with E-state index in [1.807, 2.05) is 109 Å². The van der Waals surface area contributed by atoms with Crippen molar-refractivity contribution in [1.82, 2.24) is 0 Å². The predicted molar refractivity (Wildman–Crippen MR) is 145 cm³/mol. The quantitative estimate of drug-likeness (QED) is 0.287. The molecular formula is C31H30N2O4. The van der Waals surface area contributed by atoms with Crippen LogP contribution in [0.2, 0.25) is 0 Å². The Morgan fingerprint density at radius 2 is 0.919 bits per heavy atom. The van der Waals surface area contributed by atoms with Crippen molar-refractivity contribution in [3.8, 4) is 0 Å². The molecule has 0 aliphatic heterocycles. The summed E-state index contributed by atoms with van der Waals surface area (Å²) in [5.74, 6) is -0.441. The molecule has 188 valence electrons. The molecule has 6 heteroatoms. The second-order valence-electron chi connectivity index (χ2n) is 8.60. The van der Waals surface area contributed by atoms with Gasteiger partial charge in [0, 0.05) is 25.6 Å². The third-order valence-corrected chi connectivity index (χ3v) is 6.00. The summed E-state index contributed by atoms with van der Waals surface area (Å²) in [5.41, 5.74) is 5.22. The van der Waals surface area contributed by atoms with Crippen LogP contribution in [0, 0.1) is 0 Å². The fraction of sp³-hybridized carbons (Fsp3) is 0.161. The zero-order chi connectivity index (χ0) is 26.0. The van der Waals surface area contributed by atoms with Crippen LogP contribution in [-0.2, 0) is 25.5 Å². The van der Waals surface area contributed by atoms with Gasteiger partial charge in [-0.1, -0.05) is 84.9 Å². The maximum atomic E-state index is 12.7. The second-order valence-corrected chi connectivity index (χ2v) is 8.60. The SMILES string of the molecule is COC(C(=O)Nc1ccc(Cc2ccc(NC(=O)C(OC)c3ccccc3)cc2)cc1)c1ccccc1. The van der Waals surface area contributed by atoms with E-state index in [9.17, 15) is 9.59 Å². The van der Waals surface area contributed by atoms with E-state index in [-0.39, 0.29) is 11.8 Å². The van der Waals surface area contributed by atoms with Crippen LogP contribution in [0.3, 0.4) is 0 Å². The molecule has 0 saturated heterocycles. The molecule has 0 aromatic heterocycles. The summed E-state index contributed by atoms with van der Waals surface area (Å²) in [6.07, 6.45) is -0.629. The van der Waals surface area contributed by atoms with Gasteiger partial charge in [-0.05, 0) is 52.9 Å². The smallest absolute Gasteiger partial charge is 0.258 e. The maximum Gasteiger partial charge on any atom is 0.258 e. The van der Waals surface area contributed by atoms with E-state index >= 15 is 0 Å². The Balaban J connectivity index is 1.33. The number of rotatable bonds is 10. The third-order valence-electron chi connectivity index (χ3n) is 6.00. The number of methoxy groups -OCH3 is 2. The first-order chi connectivity index (χ1) is 18.1. The zero-order valence-electron chi connectivity index (χ0n) is 20.9. The molecule has 0 saturated carbocycles. The van der Waals surface area contributed by atoms with Crippen LogP contribution in [0.4, 0.5) is 11.4 Å². The van der Waals surface area contributed by atoms with Gasteiger partial charge in [-0.3, -0.25) is 9.59 Å². The fourth-order valence-corrected chi connectivity index (χ4v) is 4.11. The minimum absolute atomic E-state index is 0.220. The molecule has 2 amide bonds. The van der Waals surface area contributed by atoms with Crippen molar-refractivity contribution in [2.24, 2.45) is 0 Å². The van der Waals surface area contributed by atoms with Gasteiger partial charge in [-0.25, -0.2) is 0 Å². The lowest BCUT2D eigenvalue weighted by Gasteiger charge is -2.16. The lowest BCUT2D eigenvalue weighted by atomic mass is 10.0. The van der Waals surface area contributed by atoms with Crippen molar-refractivity contribution in [2.75, 3.05) is 24.9 Å². The molecule has 0 fully saturated rings. The van der Waals surface area contributed by atoms with E-state index in [1.54, 1.807) is 0 Å². The molecule has 0 spiro atoms. The molecule has 37 heavy (non-hydrogen) atoms. The van der Waals surface area contributed by atoms with Gasteiger partial charge < -0.3 is 20.1 Å². The van der Waals surface area contributed by atoms with Crippen LogP contribution in [0.1, 0.15) is 34.5 Å². The third kappa shape index (κ3) is 6.91. The Morgan fingerprint density at radius 3 is 1.24 bits per heavy atom. The molecule has 4 aromatic rings. The van der Waals surface area contributed by atoms with Crippen LogP contribution in [-0.4, -0.2) is 26.0 Å². The maximum absolute atomic E-state index is 12.7. The Labute approximate surface area is 217 Å². The molecule has 2 unspecified atom stereocenters. The number of anilines is 2. The Hall–Kier alpha value is -4.26. The number of amides is 2. The molecule has 0 heterocycles. The molecule has 2 N–H and O–H groups in total. The number of carbonyl (C=O) groups is 2. The highest BCUT2D eigenvalue weighted by atomic mass is 16.5. The minimum Gasteiger partial charge on any atom is -0.367 e. The minimum atomic E-state index is -0.674. The first-order valence-corrected chi connectivity index (χ1v) is 12.0. The van der Waals surface area contributed by atoms with Crippen LogP contribution < -0.4 is 10.6 Å². The average Bonchev–Trinajstić information content (AvgIpc) is 2.93. The number of hydrogen-bond donors (Lipinski definition) is 2. The number of ether oxygens (including phenoxy) is 2. The van der Waals surface area contributed by atoms with E-state index in [2.05, 4.69) is 10.6 Å². The van der Waals surface area contributed by atoms with Gasteiger partial charge in [0.2, 0.25) is 0 Å². The van der Waals surface area contributed by atoms with Gasteiger partial charge in [0.05, 0.1) is 0 Å². The van der Waals surface area contributed by atoms with E-state index in [0.29, 0.717) is 11.4 Å². The Bertz CT molecular complexity index is 1190. The van der Waals surface area contributed by atoms with Gasteiger partial charge in [0.15, 0.2) is 12.2 Å². The monoisotopic (exact) mass is 494 g/mol. The summed E-state index contributed by atoms with van der Waals surface area (Å²) in [6.45, 7) is 0. The number of benzene rings is 4. The van der Waals surface area contributed by atoms with Crippen molar-refractivity contribution in [2.45, 2.75) is 18.6 Å². The summed E-state index contributed by atoms with van der Waals surface area (Å²) in [5, 5.41) is 5.84. The summed E-state index contributed by atoms with van der Waals surface area (Å²) >= 11 is 0. The van der Waals surface area contributed by atoms with Crippen molar-refractivity contribution < 1.29 is 19.1 Å². The standard InChI is InChI=1S/C31H30N2O4/c1-36-28(24-9-5-3-6-10-24)30(34)32-26-17-13-22(14-18-26)21-23-15-19-27(20-16-23)33-31(35)29(37-2)25-11-7-4-8-12-25/h3-20,28-29H,21H2,1-2H3,(H,32,34)(H,33,35). The first-order valence-electron chi connectivity index (χ1n) is 12.0. The second kappa shape index (κ2) is 12.6. The normalized spacial score (nSPS) is 12.4. The summed E-state index contributed by atoms with van der Waals surface area (Å²) in [6, 6.07) is 34.3. The lowest BCUT2D eigenvalue weighted by Crippen LogP contribution is -2.22. The fourth-order valence-electron chi connectivity index (χ4n) is 4.11. The van der Waals surface area contributed by atoms with E-state index in [0.717, 1.165) is 28.7 Å². The summed E-state index contributed by atoms with van der Waals surface area (Å²) in [7, 11) is 3.05. The zero-order valence-corrected chi connectivity index (χ0v) is 20.9. The van der Waals surface area contributed by atoms with Crippen LogP contribution in [0.15, 0.2) is 109 Å². The highest BCUT2D eigenvalue weighted by Crippen LogP contribution is 2.22. The molecule has 6 nitrogen and oxygen atoms in total. The topological polar surface area (TPSA) is 76.7 Å². The van der Waals surface area contributed by atoms with Crippen LogP contribution >= 0.6 is 0 Å². The van der Waals surface area contributed by atoms with Crippen molar-refractivity contribution in [1.29, 1.82) is 0 Å². The van der Waals surface area contributed by atoms with Gasteiger partial charge >= 0.3 is 0 Å². The van der Waals surface area contributed by atoms with Crippen molar-refractivity contribution >= 4 is 23.2 Å². The average molecular weight is 495 g/mol. The summed E-state index contributed by atoms with van der Waals surface area (Å²) in [4.78, 5) is 25.4. The van der Waals surface area contributed by atoms with E-state index in [4.69, 9.17) is 9.47 Å². The first kappa shape index (κ1) is 25.8. The number of hydrogen-bond acceptors (Lipinski definition) is 4. The molecule has 0 bridgehead atoms. The molecule has 4 aromatic carbocycles. The summed E-state index contributed by atoms with van der Waals surface area (Å²) < 4.78 is 10.8. The molecule has 4 rings (SSSR count). The van der Waals surface area contributed by atoms with Gasteiger partial charge in [-0.15, -0.1) is 0 Å². The number of nitrogens with one attached hydrogen (secondary N) is 2. The predicted octanol–water partition coefficient (Wildman–Crippen LogP) is 5.93. The Morgan fingerprint density at radius 1 is 0.568 bits per heavy atom. The van der Waals surface area contributed by atoms with Crippen molar-refractivity contribution in [3.63, 3.8) is 0 Å². The molecule has 0 aliphatic rings. The molecule has 2 atom stereocenters. The van der Waals surface area contributed by atoms with Crippen LogP contribution in [0.5, 0.6) is 0 Å². The highest BCUT2D eigenvalue weighted by Gasteiger charge is 2.21.